The molecule has 0 saturated heterocycles. The standard InChI is InChI=1S/C14H18N2S/c1-10-6-5-7-11-12(10)15-13(17)16(11)14(2)8-3-4-9-14/h5-7H,3-4,8-9H2,1-2H3,(H,15,17). The van der Waals surface area contributed by atoms with E-state index in [1.807, 2.05) is 0 Å². The van der Waals surface area contributed by atoms with Gasteiger partial charge in [0.25, 0.3) is 0 Å². The minimum Gasteiger partial charge on any atom is -0.330 e. The molecule has 1 aliphatic rings. The number of hydrogen-bond acceptors (Lipinski definition) is 1. The van der Waals surface area contributed by atoms with Crippen molar-refractivity contribution >= 4 is 23.3 Å². The topological polar surface area (TPSA) is 20.7 Å². The van der Waals surface area contributed by atoms with Gasteiger partial charge >= 0.3 is 0 Å². The van der Waals surface area contributed by atoms with Crippen LogP contribution in [0, 0.1) is 11.7 Å². The van der Waals surface area contributed by atoms with Crippen LogP contribution in [-0.2, 0) is 5.54 Å². The van der Waals surface area contributed by atoms with Gasteiger partial charge in [0, 0.05) is 5.54 Å². The average Bonchev–Trinajstić information content (AvgIpc) is 2.83. The van der Waals surface area contributed by atoms with Crippen LogP contribution in [0.5, 0.6) is 0 Å². The molecule has 0 amide bonds. The van der Waals surface area contributed by atoms with Crippen molar-refractivity contribution in [1.29, 1.82) is 0 Å². The fourth-order valence-electron chi connectivity index (χ4n) is 3.17. The van der Waals surface area contributed by atoms with E-state index in [4.69, 9.17) is 12.2 Å². The smallest absolute Gasteiger partial charge is 0.178 e. The first kappa shape index (κ1) is 11.0. The summed E-state index contributed by atoms with van der Waals surface area (Å²) in [4.78, 5) is 3.38. The van der Waals surface area contributed by atoms with Gasteiger partial charge in [-0.3, -0.25) is 0 Å². The number of aromatic amines is 1. The highest BCUT2D eigenvalue weighted by Gasteiger charge is 2.32. The van der Waals surface area contributed by atoms with Gasteiger partial charge in [-0.1, -0.05) is 25.0 Å². The third kappa shape index (κ3) is 1.56. The first-order valence-corrected chi connectivity index (χ1v) is 6.73. The molecule has 3 heteroatoms. The lowest BCUT2D eigenvalue weighted by Gasteiger charge is -2.26. The molecule has 1 heterocycles. The monoisotopic (exact) mass is 246 g/mol. The number of aryl methyl sites for hydroxylation is 1. The number of nitrogens with one attached hydrogen (secondary N) is 1. The van der Waals surface area contributed by atoms with Crippen LogP contribution in [0.2, 0.25) is 0 Å². The lowest BCUT2D eigenvalue weighted by atomic mass is 10.00. The van der Waals surface area contributed by atoms with Crippen LogP contribution in [0.15, 0.2) is 18.2 Å². The Balaban J connectivity index is 2.33. The molecule has 0 spiro atoms. The summed E-state index contributed by atoms with van der Waals surface area (Å²) >= 11 is 5.53. The summed E-state index contributed by atoms with van der Waals surface area (Å²) in [6, 6.07) is 6.43. The van der Waals surface area contributed by atoms with Crippen LogP contribution in [0.1, 0.15) is 38.2 Å². The van der Waals surface area contributed by atoms with Gasteiger partial charge in [-0.15, -0.1) is 0 Å². The molecule has 1 saturated carbocycles. The maximum absolute atomic E-state index is 5.53. The summed E-state index contributed by atoms with van der Waals surface area (Å²) < 4.78 is 3.22. The van der Waals surface area contributed by atoms with Crippen molar-refractivity contribution in [2.45, 2.75) is 45.1 Å². The molecule has 2 aromatic rings. The number of para-hydroxylation sites is 1. The Morgan fingerprint density at radius 2 is 2.00 bits per heavy atom. The van der Waals surface area contributed by atoms with E-state index in [1.165, 1.54) is 42.3 Å². The van der Waals surface area contributed by atoms with E-state index < -0.39 is 0 Å². The van der Waals surface area contributed by atoms with E-state index in [9.17, 15) is 0 Å². The van der Waals surface area contributed by atoms with Crippen LogP contribution < -0.4 is 0 Å². The van der Waals surface area contributed by atoms with Crippen LogP contribution >= 0.6 is 12.2 Å². The maximum atomic E-state index is 5.53. The zero-order valence-corrected chi connectivity index (χ0v) is 11.2. The Kier molecular flexibility index (Phi) is 2.40. The number of benzene rings is 1. The number of aromatic nitrogens is 2. The third-order valence-corrected chi connectivity index (χ3v) is 4.43. The Morgan fingerprint density at radius 3 is 2.71 bits per heavy atom. The Morgan fingerprint density at radius 1 is 1.29 bits per heavy atom. The molecule has 0 atom stereocenters. The minimum absolute atomic E-state index is 0.211. The highest BCUT2D eigenvalue weighted by molar-refractivity contribution is 7.71. The van der Waals surface area contributed by atoms with Crippen molar-refractivity contribution in [2.75, 3.05) is 0 Å². The highest BCUT2D eigenvalue weighted by Crippen LogP contribution is 2.38. The van der Waals surface area contributed by atoms with E-state index in [0.29, 0.717) is 0 Å². The largest absolute Gasteiger partial charge is 0.330 e. The molecule has 0 bridgehead atoms. The molecule has 1 aromatic heterocycles. The zero-order valence-electron chi connectivity index (χ0n) is 10.4. The van der Waals surface area contributed by atoms with Gasteiger partial charge in [-0.05, 0) is 50.5 Å². The first-order valence-electron chi connectivity index (χ1n) is 6.33. The van der Waals surface area contributed by atoms with E-state index in [0.717, 1.165) is 4.77 Å². The second kappa shape index (κ2) is 3.70. The van der Waals surface area contributed by atoms with E-state index in [-0.39, 0.29) is 5.54 Å². The predicted octanol–water partition coefficient (Wildman–Crippen LogP) is 4.30. The second-order valence-corrected chi connectivity index (χ2v) is 5.83. The van der Waals surface area contributed by atoms with Crippen LogP contribution in [-0.4, -0.2) is 9.55 Å². The molecule has 90 valence electrons. The van der Waals surface area contributed by atoms with Gasteiger partial charge in [0.05, 0.1) is 11.0 Å². The Hall–Kier alpha value is -1.09. The van der Waals surface area contributed by atoms with E-state index >= 15 is 0 Å². The van der Waals surface area contributed by atoms with Gasteiger partial charge in [-0.25, -0.2) is 0 Å². The molecule has 2 nitrogen and oxygen atoms in total. The summed E-state index contributed by atoms with van der Waals surface area (Å²) in [6.45, 7) is 4.47. The molecule has 3 rings (SSSR count). The lowest BCUT2D eigenvalue weighted by Crippen LogP contribution is -2.26. The number of H-pyrrole nitrogens is 1. The van der Waals surface area contributed by atoms with Gasteiger partial charge in [-0.2, -0.15) is 0 Å². The van der Waals surface area contributed by atoms with Crippen LogP contribution in [0.4, 0.5) is 0 Å². The van der Waals surface area contributed by atoms with Crippen molar-refractivity contribution in [3.8, 4) is 0 Å². The molecule has 1 aromatic carbocycles. The van der Waals surface area contributed by atoms with Gasteiger partial charge in [0.15, 0.2) is 4.77 Å². The molecular formula is C14H18N2S. The molecular weight excluding hydrogens is 228 g/mol. The minimum atomic E-state index is 0.211. The third-order valence-electron chi connectivity index (χ3n) is 4.15. The molecule has 0 aliphatic heterocycles. The summed E-state index contributed by atoms with van der Waals surface area (Å²) in [6.07, 6.45) is 5.11. The highest BCUT2D eigenvalue weighted by atomic mass is 32.1. The lowest BCUT2D eigenvalue weighted by molar-refractivity contribution is 0.335. The zero-order chi connectivity index (χ0) is 12.0. The quantitative estimate of drug-likeness (QED) is 0.744. The van der Waals surface area contributed by atoms with Crippen molar-refractivity contribution in [2.24, 2.45) is 0 Å². The van der Waals surface area contributed by atoms with Crippen molar-refractivity contribution in [1.82, 2.24) is 9.55 Å². The van der Waals surface area contributed by atoms with Crippen LogP contribution in [0.25, 0.3) is 11.0 Å². The summed E-state index contributed by atoms with van der Waals surface area (Å²) in [5.74, 6) is 0. The fraction of sp³-hybridized carbons (Fsp3) is 0.500. The van der Waals surface area contributed by atoms with Crippen molar-refractivity contribution < 1.29 is 0 Å². The Labute approximate surface area is 107 Å². The predicted molar refractivity (Wildman–Crippen MR) is 74.0 cm³/mol. The normalized spacial score (nSPS) is 18.9. The SMILES string of the molecule is Cc1cccc2c1[nH]c(=S)n2C1(C)CCCC1. The maximum Gasteiger partial charge on any atom is 0.178 e. The summed E-state index contributed by atoms with van der Waals surface area (Å²) in [5, 5.41) is 0. The molecule has 1 fully saturated rings. The number of rotatable bonds is 1. The molecule has 0 unspecified atom stereocenters. The second-order valence-electron chi connectivity index (χ2n) is 5.44. The number of fused-ring (bicyclic) bond motifs is 1. The first-order chi connectivity index (χ1) is 8.12. The number of hydrogen-bond donors (Lipinski definition) is 1. The molecule has 0 radical (unpaired) electrons. The number of nitrogens with zero attached hydrogens (tertiary/aromatic N) is 1. The number of imidazole rings is 1. The van der Waals surface area contributed by atoms with Gasteiger partial charge in [0.1, 0.15) is 0 Å². The van der Waals surface area contributed by atoms with E-state index in [1.54, 1.807) is 0 Å². The van der Waals surface area contributed by atoms with Crippen molar-refractivity contribution in [3.63, 3.8) is 0 Å². The van der Waals surface area contributed by atoms with Gasteiger partial charge in [0.2, 0.25) is 0 Å². The molecule has 1 N–H and O–H groups in total. The van der Waals surface area contributed by atoms with Crippen LogP contribution in [0.3, 0.4) is 0 Å². The molecule has 17 heavy (non-hydrogen) atoms. The molecule has 1 aliphatic carbocycles. The summed E-state index contributed by atoms with van der Waals surface area (Å²) in [7, 11) is 0. The Bertz CT molecular complexity index is 615. The van der Waals surface area contributed by atoms with Gasteiger partial charge < -0.3 is 9.55 Å². The van der Waals surface area contributed by atoms with Crippen molar-refractivity contribution in [3.05, 3.63) is 28.5 Å². The van der Waals surface area contributed by atoms with E-state index in [2.05, 4.69) is 41.6 Å². The fourth-order valence-corrected chi connectivity index (χ4v) is 3.59. The summed E-state index contributed by atoms with van der Waals surface area (Å²) in [5.41, 5.74) is 3.95. The average molecular weight is 246 g/mol.